The average molecular weight is 486 g/mol. The molecule has 4 rings (SSSR count). The van der Waals surface area contributed by atoms with Crippen LogP contribution >= 0.6 is 0 Å². The second-order valence-electron chi connectivity index (χ2n) is 9.57. The van der Waals surface area contributed by atoms with Crippen molar-refractivity contribution in [3.05, 3.63) is 77.4 Å². The number of rotatable bonds is 7. The van der Waals surface area contributed by atoms with Gasteiger partial charge in [0.15, 0.2) is 5.82 Å². The van der Waals surface area contributed by atoms with Crippen LogP contribution in [0.3, 0.4) is 0 Å². The van der Waals surface area contributed by atoms with Gasteiger partial charge in [-0.3, -0.25) is 9.59 Å². The number of nitrogens with zero attached hydrogens (tertiary/aromatic N) is 5. The third-order valence-electron chi connectivity index (χ3n) is 6.94. The molecule has 7 heteroatoms. The van der Waals surface area contributed by atoms with Gasteiger partial charge in [-0.25, -0.2) is 0 Å². The molecule has 1 unspecified atom stereocenters. The minimum absolute atomic E-state index is 0.0174. The molecule has 2 amide bonds. The lowest BCUT2D eigenvalue weighted by atomic mass is 10.1. The average Bonchev–Trinajstić information content (AvgIpc) is 2.92. The van der Waals surface area contributed by atoms with Crippen molar-refractivity contribution in [1.29, 1.82) is 0 Å². The molecule has 1 atom stereocenters. The van der Waals surface area contributed by atoms with Gasteiger partial charge < -0.3 is 14.7 Å². The Morgan fingerprint density at radius 1 is 0.861 bits per heavy atom. The molecule has 36 heavy (non-hydrogen) atoms. The van der Waals surface area contributed by atoms with Crippen LogP contribution in [0.15, 0.2) is 60.7 Å². The van der Waals surface area contributed by atoms with E-state index >= 15 is 0 Å². The van der Waals surface area contributed by atoms with E-state index in [1.165, 1.54) is 5.56 Å². The molecule has 0 saturated carbocycles. The van der Waals surface area contributed by atoms with E-state index in [0.717, 1.165) is 29.1 Å². The van der Waals surface area contributed by atoms with Crippen LogP contribution in [0.1, 0.15) is 41.8 Å². The van der Waals surface area contributed by atoms with Crippen molar-refractivity contribution in [2.45, 2.75) is 40.2 Å². The molecular formula is C29H35N5O2. The van der Waals surface area contributed by atoms with Crippen molar-refractivity contribution >= 4 is 17.6 Å². The van der Waals surface area contributed by atoms with Crippen LogP contribution in [-0.4, -0.2) is 70.6 Å². The largest absolute Gasteiger partial charge is 0.352 e. The summed E-state index contributed by atoms with van der Waals surface area (Å²) in [5.41, 5.74) is 4.82. The molecule has 1 fully saturated rings. The van der Waals surface area contributed by atoms with Crippen molar-refractivity contribution in [1.82, 2.24) is 20.0 Å². The molecule has 0 bridgehead atoms. The monoisotopic (exact) mass is 485 g/mol. The molecular weight excluding hydrogens is 450 g/mol. The van der Waals surface area contributed by atoms with E-state index in [2.05, 4.69) is 46.3 Å². The normalized spacial score (nSPS) is 14.4. The maximum absolute atomic E-state index is 13.2. The van der Waals surface area contributed by atoms with Crippen LogP contribution in [0.2, 0.25) is 0 Å². The standard InChI is InChI=1S/C29H35N5O2/c1-5-23(4)34(29(36)25-12-8-22(3)9-13-25)20-28(35)33-18-16-32(17-19-33)27-15-14-26(30-31-27)24-10-6-21(2)7-11-24/h6-15,23H,5,16-20H2,1-4H3. The zero-order valence-electron chi connectivity index (χ0n) is 21.6. The molecule has 0 N–H and O–H groups in total. The number of aromatic nitrogens is 2. The van der Waals surface area contributed by atoms with Crippen molar-refractivity contribution in [2.75, 3.05) is 37.6 Å². The quantitative estimate of drug-likeness (QED) is 0.498. The van der Waals surface area contributed by atoms with Crippen molar-refractivity contribution in [3.63, 3.8) is 0 Å². The molecule has 1 saturated heterocycles. The first kappa shape index (κ1) is 25.4. The van der Waals surface area contributed by atoms with E-state index in [1.54, 1.807) is 4.90 Å². The first-order chi connectivity index (χ1) is 17.4. The van der Waals surface area contributed by atoms with Gasteiger partial charge in [-0.05, 0) is 51.5 Å². The highest BCUT2D eigenvalue weighted by atomic mass is 16.2. The van der Waals surface area contributed by atoms with Crippen LogP contribution in [0.25, 0.3) is 11.3 Å². The van der Waals surface area contributed by atoms with E-state index in [9.17, 15) is 9.59 Å². The number of carbonyl (C=O) groups is 2. The fourth-order valence-electron chi connectivity index (χ4n) is 4.31. The summed E-state index contributed by atoms with van der Waals surface area (Å²) in [6.45, 7) is 10.7. The molecule has 0 aliphatic carbocycles. The van der Waals surface area contributed by atoms with E-state index in [0.29, 0.717) is 31.7 Å². The third-order valence-corrected chi connectivity index (χ3v) is 6.94. The Labute approximate surface area is 213 Å². The van der Waals surface area contributed by atoms with Crippen LogP contribution in [0.4, 0.5) is 5.82 Å². The van der Waals surface area contributed by atoms with Gasteiger partial charge >= 0.3 is 0 Å². The number of piperazine rings is 1. The number of anilines is 1. The van der Waals surface area contributed by atoms with Crippen LogP contribution in [0.5, 0.6) is 0 Å². The lowest BCUT2D eigenvalue weighted by Gasteiger charge is -2.37. The predicted molar refractivity (Wildman–Crippen MR) is 143 cm³/mol. The highest BCUT2D eigenvalue weighted by Gasteiger charge is 2.28. The SMILES string of the molecule is CCC(C)N(CC(=O)N1CCN(c2ccc(-c3ccc(C)cc3)nn2)CC1)C(=O)c1ccc(C)cc1. The number of hydrogen-bond donors (Lipinski definition) is 0. The van der Waals surface area contributed by atoms with Gasteiger partial charge in [0.2, 0.25) is 5.91 Å². The fraction of sp³-hybridized carbons (Fsp3) is 0.379. The molecule has 0 spiro atoms. The molecule has 2 aromatic carbocycles. The fourth-order valence-corrected chi connectivity index (χ4v) is 4.31. The van der Waals surface area contributed by atoms with E-state index in [-0.39, 0.29) is 24.4 Å². The lowest BCUT2D eigenvalue weighted by molar-refractivity contribution is -0.132. The summed E-state index contributed by atoms with van der Waals surface area (Å²) in [5, 5.41) is 8.85. The Morgan fingerprint density at radius 3 is 2.03 bits per heavy atom. The molecule has 1 aliphatic rings. The third kappa shape index (κ3) is 5.90. The van der Waals surface area contributed by atoms with Gasteiger partial charge in [-0.2, -0.15) is 0 Å². The number of carbonyl (C=O) groups excluding carboxylic acids is 2. The number of aryl methyl sites for hydroxylation is 2. The second-order valence-corrected chi connectivity index (χ2v) is 9.57. The van der Waals surface area contributed by atoms with Crippen molar-refractivity contribution < 1.29 is 9.59 Å². The van der Waals surface area contributed by atoms with Crippen LogP contribution < -0.4 is 4.90 Å². The molecule has 3 aromatic rings. The number of benzene rings is 2. The highest BCUT2D eigenvalue weighted by Crippen LogP contribution is 2.20. The van der Waals surface area contributed by atoms with Crippen LogP contribution in [0, 0.1) is 13.8 Å². The zero-order chi connectivity index (χ0) is 25.7. The Kier molecular flexibility index (Phi) is 7.98. The van der Waals surface area contributed by atoms with E-state index in [1.807, 2.05) is 62.1 Å². The zero-order valence-corrected chi connectivity index (χ0v) is 21.6. The maximum atomic E-state index is 13.2. The van der Waals surface area contributed by atoms with Gasteiger partial charge in [0.05, 0.1) is 5.69 Å². The summed E-state index contributed by atoms with van der Waals surface area (Å²) in [4.78, 5) is 32.1. The summed E-state index contributed by atoms with van der Waals surface area (Å²) in [7, 11) is 0. The van der Waals surface area contributed by atoms with Gasteiger partial charge in [0.1, 0.15) is 6.54 Å². The Bertz CT molecular complexity index is 1170. The minimum atomic E-state index is -0.0970. The topological polar surface area (TPSA) is 69.6 Å². The Hall–Kier alpha value is -3.74. The van der Waals surface area contributed by atoms with E-state index in [4.69, 9.17) is 0 Å². The number of amides is 2. The van der Waals surface area contributed by atoms with Crippen LogP contribution in [-0.2, 0) is 4.79 Å². The molecule has 188 valence electrons. The van der Waals surface area contributed by atoms with Gasteiger partial charge in [-0.15, -0.1) is 10.2 Å². The van der Waals surface area contributed by atoms with Crippen molar-refractivity contribution in [3.8, 4) is 11.3 Å². The Balaban J connectivity index is 1.35. The molecule has 1 aromatic heterocycles. The van der Waals surface area contributed by atoms with Crippen molar-refractivity contribution in [2.24, 2.45) is 0 Å². The summed E-state index contributed by atoms with van der Waals surface area (Å²) in [6.07, 6.45) is 0.788. The predicted octanol–water partition coefficient (Wildman–Crippen LogP) is 4.35. The first-order valence-electron chi connectivity index (χ1n) is 12.7. The molecule has 7 nitrogen and oxygen atoms in total. The first-order valence-corrected chi connectivity index (χ1v) is 12.7. The Morgan fingerprint density at radius 2 is 1.47 bits per heavy atom. The van der Waals surface area contributed by atoms with Gasteiger partial charge in [0, 0.05) is 43.3 Å². The minimum Gasteiger partial charge on any atom is -0.352 e. The van der Waals surface area contributed by atoms with Gasteiger partial charge in [-0.1, -0.05) is 54.4 Å². The summed E-state index contributed by atoms with van der Waals surface area (Å²) in [6, 6.07) is 19.7. The summed E-state index contributed by atoms with van der Waals surface area (Å²) in [5.74, 6) is 0.699. The highest BCUT2D eigenvalue weighted by molar-refractivity contribution is 5.96. The maximum Gasteiger partial charge on any atom is 0.254 e. The second kappa shape index (κ2) is 11.3. The van der Waals surface area contributed by atoms with Gasteiger partial charge in [0.25, 0.3) is 5.91 Å². The lowest BCUT2D eigenvalue weighted by Crippen LogP contribution is -2.53. The molecule has 0 radical (unpaired) electrons. The summed E-state index contributed by atoms with van der Waals surface area (Å²) >= 11 is 0. The number of hydrogen-bond acceptors (Lipinski definition) is 5. The molecule has 1 aliphatic heterocycles. The molecule has 2 heterocycles. The summed E-state index contributed by atoms with van der Waals surface area (Å²) < 4.78 is 0. The van der Waals surface area contributed by atoms with E-state index < -0.39 is 0 Å². The smallest absolute Gasteiger partial charge is 0.254 e.